The maximum atomic E-state index is 13.0. The molecule has 0 unspecified atom stereocenters. The summed E-state index contributed by atoms with van der Waals surface area (Å²) in [6.45, 7) is 0.800. The first-order chi connectivity index (χ1) is 12.5. The summed E-state index contributed by atoms with van der Waals surface area (Å²) >= 11 is 0. The third-order valence-corrected chi connectivity index (χ3v) is 4.14. The van der Waals surface area contributed by atoms with Crippen LogP contribution in [0.15, 0.2) is 18.6 Å². The summed E-state index contributed by atoms with van der Waals surface area (Å²) in [5.41, 5.74) is -0.539. The number of rotatable bonds is 5. The highest BCUT2D eigenvalue weighted by Crippen LogP contribution is 2.24. The zero-order chi connectivity index (χ0) is 18.7. The zero-order valence-corrected chi connectivity index (χ0v) is 14.4. The molecule has 0 aromatic carbocycles. The van der Waals surface area contributed by atoms with E-state index < -0.39 is 18.0 Å². The molecule has 2 aromatic heterocycles. The fourth-order valence-electron chi connectivity index (χ4n) is 2.80. The second-order valence-corrected chi connectivity index (χ2v) is 5.92. The minimum Gasteiger partial charge on any atom is -0.494 e. The average molecular weight is 367 g/mol. The number of halogens is 2. The van der Waals surface area contributed by atoms with Gasteiger partial charge in [0.25, 0.3) is 12.3 Å². The molecule has 1 saturated heterocycles. The first kappa shape index (κ1) is 18.0. The number of aryl methyl sites for hydroxylation is 1. The van der Waals surface area contributed by atoms with Crippen molar-refractivity contribution in [2.24, 2.45) is 7.05 Å². The van der Waals surface area contributed by atoms with Gasteiger partial charge < -0.3 is 14.4 Å². The van der Waals surface area contributed by atoms with E-state index in [1.807, 2.05) is 0 Å². The lowest BCUT2D eigenvalue weighted by Crippen LogP contribution is -2.42. The third-order valence-electron chi connectivity index (χ3n) is 4.14. The van der Waals surface area contributed by atoms with Crippen LogP contribution in [0, 0.1) is 0 Å². The van der Waals surface area contributed by atoms with Gasteiger partial charge >= 0.3 is 6.01 Å². The van der Waals surface area contributed by atoms with E-state index in [9.17, 15) is 13.6 Å². The largest absolute Gasteiger partial charge is 0.494 e. The number of methoxy groups -OCH3 is 1. The molecule has 0 N–H and O–H groups in total. The van der Waals surface area contributed by atoms with Crippen LogP contribution in [0.1, 0.15) is 35.3 Å². The highest BCUT2D eigenvalue weighted by atomic mass is 19.3. The Kier molecular flexibility index (Phi) is 5.29. The summed E-state index contributed by atoms with van der Waals surface area (Å²) in [6.07, 6.45) is 2.54. The van der Waals surface area contributed by atoms with E-state index in [2.05, 4.69) is 15.1 Å². The quantitative estimate of drug-likeness (QED) is 0.802. The van der Waals surface area contributed by atoms with Crippen LogP contribution in [0.25, 0.3) is 0 Å². The molecular formula is C16H19F2N5O3. The van der Waals surface area contributed by atoms with Gasteiger partial charge in [0.1, 0.15) is 11.8 Å². The van der Waals surface area contributed by atoms with Crippen molar-refractivity contribution >= 4 is 5.91 Å². The standard InChI is InChI=1S/C16H19F2N5O3/c1-22-9-12(13(21-22)14(17)18)15(24)23-5-3-10(4-6-23)26-16-19-7-11(25-2)8-20-16/h7-10,14H,3-6H2,1-2H3. The summed E-state index contributed by atoms with van der Waals surface area (Å²) in [5, 5.41) is 3.68. The average Bonchev–Trinajstić information content (AvgIpc) is 3.04. The molecule has 0 bridgehead atoms. The Morgan fingerprint density at radius 2 is 1.92 bits per heavy atom. The van der Waals surface area contributed by atoms with E-state index in [4.69, 9.17) is 9.47 Å². The highest BCUT2D eigenvalue weighted by Gasteiger charge is 2.30. The lowest BCUT2D eigenvalue weighted by Gasteiger charge is -2.31. The molecule has 1 aliphatic rings. The molecule has 0 atom stereocenters. The van der Waals surface area contributed by atoms with Crippen molar-refractivity contribution in [1.29, 1.82) is 0 Å². The molecule has 26 heavy (non-hydrogen) atoms. The van der Waals surface area contributed by atoms with Crippen LogP contribution in [-0.2, 0) is 7.05 Å². The molecule has 0 radical (unpaired) electrons. The van der Waals surface area contributed by atoms with Crippen LogP contribution < -0.4 is 9.47 Å². The molecular weight excluding hydrogens is 348 g/mol. The fourth-order valence-corrected chi connectivity index (χ4v) is 2.80. The number of aromatic nitrogens is 4. The first-order valence-corrected chi connectivity index (χ1v) is 8.11. The molecule has 3 rings (SSSR count). The van der Waals surface area contributed by atoms with Crippen LogP contribution in [0.4, 0.5) is 8.78 Å². The molecule has 10 heteroatoms. The van der Waals surface area contributed by atoms with Crippen LogP contribution in [-0.4, -0.2) is 56.9 Å². The molecule has 0 saturated carbocycles. The third kappa shape index (κ3) is 3.89. The van der Waals surface area contributed by atoms with E-state index in [-0.39, 0.29) is 17.7 Å². The summed E-state index contributed by atoms with van der Waals surface area (Å²) in [6, 6.07) is 0.239. The van der Waals surface area contributed by atoms with E-state index in [0.29, 0.717) is 31.7 Å². The number of piperidine rings is 1. The Balaban J connectivity index is 1.58. The molecule has 1 fully saturated rings. The van der Waals surface area contributed by atoms with Crippen molar-refractivity contribution in [3.63, 3.8) is 0 Å². The molecule has 0 aliphatic carbocycles. The number of likely N-dealkylation sites (tertiary alicyclic amines) is 1. The lowest BCUT2D eigenvalue weighted by atomic mass is 10.1. The minimum atomic E-state index is -2.79. The van der Waals surface area contributed by atoms with Crippen molar-refractivity contribution < 1.29 is 23.0 Å². The summed E-state index contributed by atoms with van der Waals surface area (Å²) in [5.74, 6) is 0.0941. The maximum Gasteiger partial charge on any atom is 0.316 e. The van der Waals surface area contributed by atoms with E-state index in [1.54, 1.807) is 0 Å². The Hall–Kier alpha value is -2.78. The Bertz CT molecular complexity index is 758. The van der Waals surface area contributed by atoms with Gasteiger partial charge in [-0.25, -0.2) is 8.78 Å². The van der Waals surface area contributed by atoms with E-state index in [0.717, 1.165) is 0 Å². The number of carbonyl (C=O) groups excluding carboxylic acids is 1. The summed E-state index contributed by atoms with van der Waals surface area (Å²) in [7, 11) is 3.03. The summed E-state index contributed by atoms with van der Waals surface area (Å²) in [4.78, 5) is 22.2. The van der Waals surface area contributed by atoms with Crippen molar-refractivity contribution in [1.82, 2.24) is 24.6 Å². The second kappa shape index (κ2) is 7.63. The number of alkyl halides is 2. The summed E-state index contributed by atoms with van der Waals surface area (Å²) < 4.78 is 38.0. The van der Waals surface area contributed by atoms with Gasteiger partial charge in [-0.15, -0.1) is 0 Å². The van der Waals surface area contributed by atoms with Crippen LogP contribution in [0.3, 0.4) is 0 Å². The zero-order valence-electron chi connectivity index (χ0n) is 14.4. The van der Waals surface area contributed by atoms with Crippen LogP contribution >= 0.6 is 0 Å². The monoisotopic (exact) mass is 367 g/mol. The van der Waals surface area contributed by atoms with Crippen molar-refractivity contribution in [2.45, 2.75) is 25.4 Å². The molecule has 1 amide bonds. The van der Waals surface area contributed by atoms with Gasteiger partial charge in [0.15, 0.2) is 5.75 Å². The van der Waals surface area contributed by atoms with Gasteiger partial charge in [-0.2, -0.15) is 15.1 Å². The molecule has 0 spiro atoms. The topological polar surface area (TPSA) is 82.4 Å². The molecule has 3 heterocycles. The van der Waals surface area contributed by atoms with Crippen molar-refractivity contribution in [3.8, 4) is 11.8 Å². The Morgan fingerprint density at radius 1 is 1.27 bits per heavy atom. The van der Waals surface area contributed by atoms with E-state index >= 15 is 0 Å². The molecule has 8 nitrogen and oxygen atoms in total. The number of ether oxygens (including phenoxy) is 2. The number of hydrogen-bond acceptors (Lipinski definition) is 6. The number of amides is 1. The predicted octanol–water partition coefficient (Wildman–Crippen LogP) is 1.84. The highest BCUT2D eigenvalue weighted by molar-refractivity contribution is 5.95. The normalized spacial score (nSPS) is 15.3. The van der Waals surface area contributed by atoms with Gasteiger partial charge in [-0.05, 0) is 0 Å². The van der Waals surface area contributed by atoms with Gasteiger partial charge in [0.2, 0.25) is 0 Å². The number of carbonyl (C=O) groups is 1. The lowest BCUT2D eigenvalue weighted by molar-refractivity contribution is 0.0569. The predicted molar refractivity (Wildman–Crippen MR) is 86.3 cm³/mol. The maximum absolute atomic E-state index is 13.0. The Labute approximate surface area is 148 Å². The van der Waals surface area contributed by atoms with E-state index in [1.165, 1.54) is 42.3 Å². The minimum absolute atomic E-state index is 0.0552. The molecule has 140 valence electrons. The molecule has 2 aromatic rings. The van der Waals surface area contributed by atoms with Gasteiger partial charge in [-0.3, -0.25) is 9.48 Å². The van der Waals surface area contributed by atoms with Crippen LogP contribution in [0.5, 0.6) is 11.8 Å². The fraction of sp³-hybridized carbons (Fsp3) is 0.500. The second-order valence-electron chi connectivity index (χ2n) is 5.92. The SMILES string of the molecule is COc1cnc(OC2CCN(C(=O)c3cn(C)nc3C(F)F)CC2)nc1. The van der Waals surface area contributed by atoms with Crippen molar-refractivity contribution in [3.05, 3.63) is 29.8 Å². The van der Waals surface area contributed by atoms with Gasteiger partial charge in [0, 0.05) is 39.2 Å². The van der Waals surface area contributed by atoms with Gasteiger partial charge in [0.05, 0.1) is 25.1 Å². The van der Waals surface area contributed by atoms with Gasteiger partial charge in [-0.1, -0.05) is 0 Å². The molecule has 1 aliphatic heterocycles. The number of hydrogen-bond donors (Lipinski definition) is 0. The first-order valence-electron chi connectivity index (χ1n) is 8.11. The number of nitrogens with zero attached hydrogens (tertiary/aromatic N) is 5. The van der Waals surface area contributed by atoms with Crippen LogP contribution in [0.2, 0.25) is 0 Å². The Morgan fingerprint density at radius 3 is 2.50 bits per heavy atom. The van der Waals surface area contributed by atoms with Crippen molar-refractivity contribution in [2.75, 3.05) is 20.2 Å². The smallest absolute Gasteiger partial charge is 0.316 e.